The van der Waals surface area contributed by atoms with E-state index < -0.39 is 81.7 Å². The zero-order valence-corrected chi connectivity index (χ0v) is 69.4. The van der Waals surface area contributed by atoms with Crippen LogP contribution in [0.15, 0.2) is 67.3 Å². The number of aromatic nitrogens is 2. The van der Waals surface area contributed by atoms with Crippen molar-refractivity contribution in [3.63, 3.8) is 0 Å². The Morgan fingerprint density at radius 2 is 0.974 bits per heavy atom. The molecule has 16 atom stereocenters. The molecule has 7 saturated carbocycles. The molecule has 115 heavy (non-hydrogen) atoms. The number of ether oxygens (including phenoxy) is 8. The van der Waals surface area contributed by atoms with Gasteiger partial charge in [0.15, 0.2) is 11.6 Å². The number of amides is 2. The Morgan fingerprint density at radius 1 is 0.565 bits per heavy atom. The highest BCUT2D eigenvalue weighted by Crippen LogP contribution is 2.59. The molecule has 11 aliphatic rings. The van der Waals surface area contributed by atoms with Gasteiger partial charge in [-0.1, -0.05) is 82.5 Å². The maximum Gasteiger partial charge on any atom is 0.310 e. The predicted molar refractivity (Wildman–Crippen MR) is 432 cm³/mol. The van der Waals surface area contributed by atoms with Crippen LogP contribution in [-0.2, 0) is 57.3 Å². The molecule has 2 unspecified atom stereocenters. The van der Waals surface area contributed by atoms with Crippen molar-refractivity contribution in [1.82, 2.24) is 29.6 Å². The Morgan fingerprint density at radius 3 is 1.35 bits per heavy atom. The first-order valence-electron chi connectivity index (χ1n) is 41.7. The second-order valence-corrected chi connectivity index (χ2v) is 37.7. The van der Waals surface area contributed by atoms with Gasteiger partial charge in [-0.05, 0) is 155 Å². The van der Waals surface area contributed by atoms with E-state index in [1.54, 1.807) is 23.1 Å². The van der Waals surface area contributed by atoms with Crippen LogP contribution in [0.4, 0.5) is 0 Å². The lowest BCUT2D eigenvalue weighted by Crippen LogP contribution is -2.48. The second kappa shape index (κ2) is 34.3. The number of nitrogens with zero attached hydrogens (tertiary/aromatic N) is 6. The van der Waals surface area contributed by atoms with E-state index in [0.717, 1.165) is 89.1 Å². The molecule has 0 bridgehead atoms. The summed E-state index contributed by atoms with van der Waals surface area (Å²) in [6.45, 7) is 31.7. The molecule has 2 N–H and O–H groups in total. The molecule has 6 heterocycles. The fraction of sp³-hybridized carbons (Fsp3) is 0.640. The SMILES string of the molecule is C=C[C@@H]1C[C@]1(CC(=O)[C@@H]1C[C@@H](Oc2cc(C3CC3)nc3c(Cl)c(OCCN4CCOCC4)ccc23)CN1C(=O)[C@@H](CC(=O)OC1C[C@@H]2C[C@@H]2C1)C(C)(C)C)C(=O)O.C=C[C@@H]1C[C@]1(CC(=O)[C@@H]1C[C@@H](Oc2cc(C=C(C)C)nc3c(Cl)c(OCCN4CCOCC4)ccc23)CN1C(=O)[C@@H](CC(=O)OC1C[C@@H]2C[C@@H]2C1)C(C)(C)C)C(=O)O. The number of pyridine rings is 2. The van der Waals surface area contributed by atoms with Gasteiger partial charge in [-0.2, -0.15) is 0 Å². The number of allylic oxidation sites excluding steroid dienone is 3. The summed E-state index contributed by atoms with van der Waals surface area (Å²) in [6, 6.07) is 9.25. The topological polar surface area (TPSA) is 290 Å². The van der Waals surface area contributed by atoms with Gasteiger partial charge in [0, 0.05) is 99.5 Å². The van der Waals surface area contributed by atoms with Gasteiger partial charge in [-0.15, -0.1) is 13.2 Å². The van der Waals surface area contributed by atoms with E-state index in [2.05, 4.69) is 23.0 Å². The molecule has 2 aromatic heterocycles. The van der Waals surface area contributed by atoms with Crippen molar-refractivity contribution in [1.29, 1.82) is 0 Å². The number of carbonyl (C=O) groups excluding carboxylic acids is 6. The number of halogens is 2. The maximum absolute atomic E-state index is 14.7. The summed E-state index contributed by atoms with van der Waals surface area (Å²) < 4.78 is 48.5. The largest absolute Gasteiger partial charge is 0.491 e. The number of carboxylic acids is 2. The number of fused-ring (bicyclic) bond motifs is 4. The predicted octanol–water partition coefficient (Wildman–Crippen LogP) is 13.5. The van der Waals surface area contributed by atoms with Crippen LogP contribution in [0.2, 0.25) is 10.0 Å². The highest BCUT2D eigenvalue weighted by molar-refractivity contribution is 6.37. The minimum Gasteiger partial charge on any atom is -0.491 e. The van der Waals surface area contributed by atoms with Crippen LogP contribution in [0.1, 0.15) is 175 Å². The average molecular weight is 1630 g/mol. The number of Topliss-reactive ketones (excluding diaryl/α,β-unsaturated/α-hetero) is 2. The molecule has 11 fully saturated rings. The van der Waals surface area contributed by atoms with E-state index in [-0.39, 0.29) is 105 Å². The quantitative estimate of drug-likeness (QED) is 0.0339. The summed E-state index contributed by atoms with van der Waals surface area (Å²) in [7, 11) is 0. The second-order valence-electron chi connectivity index (χ2n) is 36.9. The van der Waals surface area contributed by atoms with E-state index >= 15 is 0 Å². The third-order valence-corrected chi connectivity index (χ3v) is 26.9. The van der Waals surface area contributed by atoms with E-state index in [1.165, 1.54) is 17.7 Å². The summed E-state index contributed by atoms with van der Waals surface area (Å²) >= 11 is 14.0. The molecule has 0 radical (unpaired) electrons. The number of hydrogen-bond acceptors (Lipinski definition) is 20. The van der Waals surface area contributed by atoms with E-state index in [1.807, 2.05) is 91.8 Å². The summed E-state index contributed by atoms with van der Waals surface area (Å²) in [5.41, 5.74) is -0.212. The smallest absolute Gasteiger partial charge is 0.310 e. The Kier molecular flexibility index (Phi) is 25.0. The normalized spacial score (nSPS) is 29.2. The monoisotopic (exact) mass is 1620 g/mol. The Hall–Kier alpha value is -7.74. The minimum atomic E-state index is -1.25. The van der Waals surface area contributed by atoms with Crippen LogP contribution in [-0.4, -0.2) is 216 Å². The minimum absolute atomic E-state index is 0.0616. The Bertz CT molecular complexity index is 4420. The summed E-state index contributed by atoms with van der Waals surface area (Å²) in [5, 5.41) is 22.5. The number of morpholine rings is 2. The van der Waals surface area contributed by atoms with Crippen molar-refractivity contribution in [2.75, 3.05) is 92.0 Å². The average Bonchev–Trinajstić information content (AvgIpc) is 1.59. The van der Waals surface area contributed by atoms with E-state index in [0.29, 0.717) is 137 Å². The number of esters is 2. The van der Waals surface area contributed by atoms with Crippen molar-refractivity contribution < 1.29 is 86.5 Å². The van der Waals surface area contributed by atoms with Crippen molar-refractivity contribution in [3.8, 4) is 23.0 Å². The zero-order valence-electron chi connectivity index (χ0n) is 67.8. The molecule has 24 nitrogen and oxygen atoms in total. The van der Waals surface area contributed by atoms with Gasteiger partial charge in [0.25, 0.3) is 0 Å². The van der Waals surface area contributed by atoms with Crippen LogP contribution in [0.5, 0.6) is 23.0 Å². The molecule has 4 aliphatic heterocycles. The van der Waals surface area contributed by atoms with Crippen molar-refractivity contribution in [2.45, 2.75) is 201 Å². The number of carboxylic acid groups (broad SMARTS) is 2. The van der Waals surface area contributed by atoms with E-state index in [9.17, 15) is 48.6 Å². The number of hydrogen-bond donors (Lipinski definition) is 2. The number of aliphatic carboxylic acids is 2. The van der Waals surface area contributed by atoms with Crippen molar-refractivity contribution >= 4 is 98.3 Å². The molecule has 2 aromatic carbocycles. The molecule has 0 spiro atoms. The fourth-order valence-corrected chi connectivity index (χ4v) is 19.2. The Balaban J connectivity index is 0.000000190. The standard InChI is InChI=1S/C45H58ClN3O9.C44H56ClN3O9/c1-7-29-23-45(29,43(53)54)24-36(50)35-21-32(25-49(35)42(52)34(44(4,5)6)22-39(51)58-31-18-27-17-28(27)19-31)57-38-20-30(16-26(2)3)47-41-33(38)8-9-37(40(41)46)56-15-12-48-10-13-55-14-11-48;1-5-28-22-44(28,42(52)53)23-35(49)34-19-30(24-48(34)41(51)32(43(2,3)4)20-38(50)57-29-17-26-16-27(26)18-29)56-37-21-33(25-6-7-25)46-40-31(37)8-9-36(39(40)45)55-15-12-47-10-13-54-14-11-47/h7-9,16,20,27-29,31-32,34-35H,1,10-15,17-19,21-25H2,2-6H3,(H,53,54);5,8-9,21,25-30,32,34H,1,6-7,10-20,22-24H2,2-4H3,(H,52,53)/t27-,28+,29-,31?,32-,34-,35+,45-;26-,27+,28-,29?,30-,32-,34+,44-/m11/s1. The molecule has 2 amide bonds. The summed E-state index contributed by atoms with van der Waals surface area (Å²) in [5.74, 6) is -1.57. The van der Waals surface area contributed by atoms with Crippen LogP contribution in [0.3, 0.4) is 0 Å². The van der Waals surface area contributed by atoms with E-state index in [4.69, 9.17) is 71.1 Å². The highest BCUT2D eigenvalue weighted by atomic mass is 35.5. The van der Waals surface area contributed by atoms with Gasteiger partial charge in [0.2, 0.25) is 11.8 Å². The molecular formula is C89H114Cl2N6O18. The van der Waals surface area contributed by atoms with Gasteiger partial charge in [-0.3, -0.25) is 53.1 Å². The number of likely N-dealkylation sites (tertiary alicyclic amines) is 2. The highest BCUT2D eigenvalue weighted by Gasteiger charge is 2.63. The number of ketones is 2. The third-order valence-electron chi connectivity index (χ3n) is 26.2. The first kappa shape index (κ1) is 83.7. The number of carbonyl (C=O) groups is 8. The van der Waals surface area contributed by atoms with Crippen LogP contribution >= 0.6 is 23.2 Å². The van der Waals surface area contributed by atoms with Gasteiger partial charge in [0.05, 0.1) is 104 Å². The van der Waals surface area contributed by atoms with Gasteiger partial charge >= 0.3 is 23.9 Å². The lowest BCUT2D eigenvalue weighted by Gasteiger charge is -2.35. The maximum atomic E-state index is 14.7. The lowest BCUT2D eigenvalue weighted by atomic mass is 9.77. The van der Waals surface area contributed by atoms with Crippen LogP contribution in [0.25, 0.3) is 27.9 Å². The fourth-order valence-electron chi connectivity index (χ4n) is 18.7. The van der Waals surface area contributed by atoms with Crippen LogP contribution < -0.4 is 18.9 Å². The third kappa shape index (κ3) is 19.2. The number of rotatable bonds is 32. The molecule has 622 valence electrons. The van der Waals surface area contributed by atoms with Crippen LogP contribution in [0, 0.1) is 69.0 Å². The first-order chi connectivity index (χ1) is 54.8. The molecular weight excluding hydrogens is 1510 g/mol. The Labute approximate surface area is 684 Å². The van der Waals surface area contributed by atoms with Crippen molar-refractivity contribution in [2.24, 2.45) is 69.0 Å². The zero-order chi connectivity index (χ0) is 81.7. The summed E-state index contributed by atoms with van der Waals surface area (Å²) in [6.07, 6.45) is 11.8. The van der Waals surface area contributed by atoms with Crippen molar-refractivity contribution in [3.05, 3.63) is 88.7 Å². The van der Waals surface area contributed by atoms with Gasteiger partial charge in [-0.25, -0.2) is 4.98 Å². The van der Waals surface area contributed by atoms with Gasteiger partial charge in [0.1, 0.15) is 70.7 Å². The molecule has 7 aliphatic carbocycles. The summed E-state index contributed by atoms with van der Waals surface area (Å²) in [4.78, 5) is 127. The molecule has 26 heteroatoms. The first-order valence-corrected chi connectivity index (χ1v) is 42.4. The molecule has 4 saturated heterocycles. The van der Waals surface area contributed by atoms with Gasteiger partial charge < -0.3 is 57.9 Å². The number of benzene rings is 2. The molecule has 4 aromatic rings. The lowest BCUT2D eigenvalue weighted by molar-refractivity contribution is -0.157. The molecule has 15 rings (SSSR count).